The smallest absolute Gasteiger partial charge is 0.00628 e. The molecule has 0 fully saturated rings. The summed E-state index contributed by atoms with van der Waals surface area (Å²) in [6.45, 7) is 8.08. The molecule has 0 amide bonds. The molecule has 32 heavy (non-hydrogen) atoms. The monoisotopic (exact) mass is 1440 g/mol. The first-order chi connectivity index (χ1) is 10.2. The maximum Gasteiger partial charge on any atom is 0.00628 e. The van der Waals surface area contributed by atoms with Crippen molar-refractivity contribution < 1.29 is 227 Å². The van der Waals surface area contributed by atoms with Crippen LogP contribution in [0.15, 0.2) is 0 Å². The molecule has 0 aliphatic carbocycles. The van der Waals surface area contributed by atoms with Crippen LogP contribution in [0.4, 0.5) is 0 Å². The van der Waals surface area contributed by atoms with Gasteiger partial charge in [-0.15, -0.1) is 65.5 Å². The maximum atomic E-state index is 4.28. The van der Waals surface area contributed by atoms with Gasteiger partial charge in [0.1, 0.15) is 0 Å². The second-order valence-electron chi connectivity index (χ2n) is 5.25. The van der Waals surface area contributed by atoms with E-state index in [9.17, 15) is 0 Å². The molecular weight excluding hydrogens is 1400 g/mol. The van der Waals surface area contributed by atoms with Crippen LogP contribution in [-0.4, -0.2) is 80.7 Å². The van der Waals surface area contributed by atoms with Crippen LogP contribution in [0, 0.1) is 0 Å². The van der Waals surface area contributed by atoms with Gasteiger partial charge in [-0.2, -0.15) is 0 Å². The Labute approximate surface area is 380 Å². The molecular formula is C18H46P6W3Y5. The minimum atomic E-state index is -0.809. The van der Waals surface area contributed by atoms with E-state index in [1.165, 1.54) is 60.8 Å². The van der Waals surface area contributed by atoms with Crippen LogP contribution in [0.5, 0.6) is 0 Å². The van der Waals surface area contributed by atoms with E-state index in [0.717, 1.165) is 0 Å². The molecule has 0 spiro atoms. The normalized spacial score (nSPS) is 10.9. The topological polar surface area (TPSA) is 0 Å². The van der Waals surface area contributed by atoms with Gasteiger partial charge in [-0.3, -0.25) is 0 Å². The Balaban J connectivity index is -0.0000000142. The average molecular weight is 1440 g/mol. The molecule has 3 atom stereocenters. The molecule has 0 aromatic heterocycles. The summed E-state index contributed by atoms with van der Waals surface area (Å²) in [5, 5.41) is 0. The minimum absolute atomic E-state index is 0. The van der Waals surface area contributed by atoms with Gasteiger partial charge < -0.3 is 0 Å². The zero-order valence-electron chi connectivity index (χ0n) is 19.4. The molecule has 181 valence electrons. The largest absolute Gasteiger partial charge is 0.117 e. The summed E-state index contributed by atoms with van der Waals surface area (Å²) in [6.07, 6.45) is 27.4. The molecule has 0 heterocycles. The van der Waals surface area contributed by atoms with Gasteiger partial charge in [0.15, 0.2) is 0 Å². The zero-order chi connectivity index (χ0) is 18.0. The summed E-state index contributed by atoms with van der Waals surface area (Å²) < 4.78 is 0. The van der Waals surface area contributed by atoms with Crippen molar-refractivity contribution in [2.75, 3.05) is 42.9 Å². The fourth-order valence-electron chi connectivity index (χ4n) is 1.13. The maximum absolute atomic E-state index is 4.28. The summed E-state index contributed by atoms with van der Waals surface area (Å²) >= 11 is 0. The van der Waals surface area contributed by atoms with Crippen LogP contribution in [0.3, 0.4) is 0 Å². The van der Waals surface area contributed by atoms with E-state index in [2.05, 4.69) is 65.2 Å². The first kappa shape index (κ1) is 83.7. The summed E-state index contributed by atoms with van der Waals surface area (Å²) in [6, 6.07) is 0. The standard InChI is InChI=1S/C8H19P3.C5H12P2.C3H7P.2CH4.3W.5Y/c1-6-11(4,5)8-10(3)7-9-2;1-4-7(3)5-6-2;1-3-4-2;;;;;;;;;;/h10H,2-4,6-8H2,1,5H3;7H,2-5H2,1H3;2-3H2,1H3;2*1H4;;;;;;;;. The molecule has 0 N–H and O–H groups in total. The van der Waals surface area contributed by atoms with E-state index in [0.29, 0.717) is 0 Å². The Kier molecular flexibility index (Phi) is 177. The molecule has 0 bridgehead atoms. The fourth-order valence-corrected chi connectivity index (χ4v) is 11.1. The van der Waals surface area contributed by atoms with Crippen LogP contribution >= 0.6 is 46.6 Å². The predicted octanol–water partition coefficient (Wildman–Crippen LogP) is 7.65. The third kappa shape index (κ3) is 83.3. The number of rotatable bonds is 9. The summed E-state index contributed by atoms with van der Waals surface area (Å²) in [5.41, 5.74) is 0. The van der Waals surface area contributed by atoms with Crippen molar-refractivity contribution in [3.63, 3.8) is 0 Å². The van der Waals surface area contributed by atoms with Gasteiger partial charge >= 0.3 is 0 Å². The van der Waals surface area contributed by atoms with Crippen molar-refractivity contribution in [3.8, 4) is 0 Å². The summed E-state index contributed by atoms with van der Waals surface area (Å²) in [5.74, 6) is 3.81. The van der Waals surface area contributed by atoms with Crippen molar-refractivity contribution in [1.29, 1.82) is 0 Å². The molecule has 0 saturated heterocycles. The van der Waals surface area contributed by atoms with Gasteiger partial charge in [-0.1, -0.05) is 54.5 Å². The Bertz CT molecular complexity index is 419. The van der Waals surface area contributed by atoms with Crippen molar-refractivity contribution in [1.82, 2.24) is 0 Å². The molecule has 0 nitrogen and oxygen atoms in total. The van der Waals surface area contributed by atoms with Gasteiger partial charge in [0.2, 0.25) is 0 Å². The molecule has 14 heteroatoms. The molecule has 0 rings (SSSR count). The Hall–Kier alpha value is 8.99. The van der Waals surface area contributed by atoms with Gasteiger partial charge in [0, 0.05) is 239 Å². The quantitative estimate of drug-likeness (QED) is 0.209. The molecule has 0 aliphatic rings. The number of hydrogen-bond donors (Lipinski definition) is 0. The minimum Gasteiger partial charge on any atom is -0.117 e. The van der Waals surface area contributed by atoms with Crippen LogP contribution in [0.1, 0.15) is 35.6 Å². The van der Waals surface area contributed by atoms with E-state index < -0.39 is 6.89 Å². The fraction of sp³-hybridized carbons (Fsp3) is 0.667. The van der Waals surface area contributed by atoms with Gasteiger partial charge in [-0.05, 0) is 31.1 Å². The molecule has 3 unspecified atom stereocenters. The molecule has 0 saturated carbocycles. The first-order valence-electron chi connectivity index (χ1n) is 7.54. The van der Waals surface area contributed by atoms with Crippen LogP contribution in [0.25, 0.3) is 0 Å². The van der Waals surface area contributed by atoms with Gasteiger partial charge in [0.05, 0.1) is 0 Å². The predicted molar refractivity (Wildman–Crippen MR) is 153 cm³/mol. The first-order valence-corrected chi connectivity index (χ1v) is 18.4. The van der Waals surface area contributed by atoms with Crippen molar-refractivity contribution >= 4 is 84.4 Å². The van der Waals surface area contributed by atoms with E-state index in [4.69, 9.17) is 0 Å². The van der Waals surface area contributed by atoms with Crippen LogP contribution in [0.2, 0.25) is 0 Å². The summed E-state index contributed by atoms with van der Waals surface area (Å²) in [7, 11) is 3.23. The second-order valence-corrected chi connectivity index (χ2v) is 18.6. The van der Waals surface area contributed by atoms with Crippen molar-refractivity contribution in [3.05, 3.63) is 0 Å². The van der Waals surface area contributed by atoms with E-state index in [1.807, 2.05) is 0 Å². The van der Waals surface area contributed by atoms with E-state index in [-0.39, 0.29) is 257 Å². The van der Waals surface area contributed by atoms with Crippen LogP contribution in [-0.2, 0) is 227 Å². The Morgan fingerprint density at radius 1 is 0.688 bits per heavy atom. The molecule has 0 aromatic rings. The Morgan fingerprint density at radius 2 is 0.969 bits per heavy atom. The zero-order valence-corrected chi connectivity index (χ0v) is 48.0. The molecule has 5 radical (unpaired) electrons. The van der Waals surface area contributed by atoms with Crippen molar-refractivity contribution in [2.24, 2.45) is 0 Å². The van der Waals surface area contributed by atoms with Gasteiger partial charge in [0.25, 0.3) is 0 Å². The van der Waals surface area contributed by atoms with Gasteiger partial charge in [-0.25, -0.2) is 0 Å². The van der Waals surface area contributed by atoms with Crippen LogP contribution < -0.4 is 0 Å². The summed E-state index contributed by atoms with van der Waals surface area (Å²) in [4.78, 5) is 0. The Morgan fingerprint density at radius 3 is 1.12 bits per heavy atom. The second kappa shape index (κ2) is 67.6. The average Bonchev–Trinajstić information content (AvgIpc) is 2.48. The SMILES string of the molecule is C.C.C=PCC.C=PC[PH](=C)CC.C=PC[PH](=C)CP(=C)(C)CC.[W].[W].[W].[Y].[Y].[Y].[Y].[Y]. The third-order valence-electron chi connectivity index (χ3n) is 2.76. The molecule has 0 aromatic carbocycles. The number of hydrogen-bond acceptors (Lipinski definition) is 0. The van der Waals surface area contributed by atoms with E-state index >= 15 is 0 Å². The third-order valence-corrected chi connectivity index (χ3v) is 15.9. The van der Waals surface area contributed by atoms with E-state index in [1.54, 1.807) is 0 Å². The van der Waals surface area contributed by atoms with Crippen molar-refractivity contribution in [2.45, 2.75) is 35.6 Å². The molecule has 0 aliphatic heterocycles.